The minimum atomic E-state index is 0.00362. The third-order valence-electron chi connectivity index (χ3n) is 4.75. The summed E-state index contributed by atoms with van der Waals surface area (Å²) in [5.74, 6) is 0.711. The maximum atomic E-state index is 11.8. The molecule has 1 atom stereocenters. The largest absolute Gasteiger partial charge is 0.356 e. The maximum absolute atomic E-state index is 11.8. The van der Waals surface area contributed by atoms with E-state index in [2.05, 4.69) is 38.9 Å². The molecule has 1 fully saturated rings. The van der Waals surface area contributed by atoms with Crippen LogP contribution in [0, 0.1) is 0 Å². The fourth-order valence-corrected chi connectivity index (χ4v) is 3.63. The standard InChI is InChI=1S/C19H33N5OS/c1-16(24-11-5-4-6-12-24)9-10-20-19(22-15-18(25)23(2)3)21-14-17-8-7-13-26-17/h7-8,13,16H,4-6,9-12,14-15H2,1-3H3,(H2,20,21,22). The molecule has 1 aliphatic heterocycles. The quantitative estimate of drug-likeness (QED) is 0.537. The van der Waals surface area contributed by atoms with Gasteiger partial charge in [0.25, 0.3) is 0 Å². The summed E-state index contributed by atoms with van der Waals surface area (Å²) in [7, 11) is 3.51. The van der Waals surface area contributed by atoms with E-state index in [0.717, 1.165) is 19.5 Å². The molecule has 0 saturated carbocycles. The normalized spacial score (nSPS) is 17.0. The van der Waals surface area contributed by atoms with Crippen LogP contribution in [0.5, 0.6) is 0 Å². The van der Waals surface area contributed by atoms with E-state index in [1.807, 2.05) is 6.07 Å². The second-order valence-corrected chi connectivity index (χ2v) is 8.08. The number of hydrogen-bond donors (Lipinski definition) is 2. The molecule has 7 heteroatoms. The number of likely N-dealkylation sites (N-methyl/N-ethyl adjacent to an activating group) is 1. The van der Waals surface area contributed by atoms with Crippen LogP contribution in [0.25, 0.3) is 0 Å². The SMILES string of the molecule is CC(CCNC(=NCC(=O)N(C)C)NCc1cccs1)N1CCCCC1. The predicted octanol–water partition coefficient (Wildman–Crippen LogP) is 2.14. The van der Waals surface area contributed by atoms with Gasteiger partial charge in [0.1, 0.15) is 6.54 Å². The number of nitrogens with zero attached hydrogens (tertiary/aromatic N) is 3. The molecule has 1 aromatic rings. The molecule has 2 rings (SSSR count). The van der Waals surface area contributed by atoms with Crippen molar-refractivity contribution < 1.29 is 4.79 Å². The van der Waals surface area contributed by atoms with E-state index < -0.39 is 0 Å². The third-order valence-corrected chi connectivity index (χ3v) is 5.63. The van der Waals surface area contributed by atoms with Crippen LogP contribution in [0.4, 0.5) is 0 Å². The summed E-state index contributed by atoms with van der Waals surface area (Å²) < 4.78 is 0. The highest BCUT2D eigenvalue weighted by Crippen LogP contribution is 2.13. The van der Waals surface area contributed by atoms with Gasteiger partial charge in [-0.1, -0.05) is 12.5 Å². The number of carbonyl (C=O) groups is 1. The lowest BCUT2D eigenvalue weighted by Crippen LogP contribution is -2.42. The lowest BCUT2D eigenvalue weighted by atomic mass is 10.1. The second-order valence-electron chi connectivity index (χ2n) is 7.05. The van der Waals surface area contributed by atoms with Gasteiger partial charge in [0.05, 0.1) is 6.54 Å². The van der Waals surface area contributed by atoms with Crippen LogP contribution in [0.3, 0.4) is 0 Å². The zero-order valence-electron chi connectivity index (χ0n) is 16.3. The first-order chi connectivity index (χ1) is 12.6. The average molecular weight is 380 g/mol. The summed E-state index contributed by atoms with van der Waals surface area (Å²) in [5.41, 5.74) is 0. The van der Waals surface area contributed by atoms with Crippen molar-refractivity contribution in [1.29, 1.82) is 0 Å². The zero-order valence-corrected chi connectivity index (χ0v) is 17.1. The molecule has 0 radical (unpaired) electrons. The van der Waals surface area contributed by atoms with Crippen LogP contribution in [-0.2, 0) is 11.3 Å². The summed E-state index contributed by atoms with van der Waals surface area (Å²) in [5, 5.41) is 8.79. The van der Waals surface area contributed by atoms with Gasteiger partial charge in [0, 0.05) is 31.6 Å². The first kappa shape index (κ1) is 20.7. The van der Waals surface area contributed by atoms with Crippen molar-refractivity contribution in [2.45, 2.75) is 45.2 Å². The van der Waals surface area contributed by atoms with Crippen molar-refractivity contribution >= 4 is 23.2 Å². The highest BCUT2D eigenvalue weighted by molar-refractivity contribution is 7.09. The molecule has 1 aromatic heterocycles. The average Bonchev–Trinajstić information content (AvgIpc) is 3.17. The van der Waals surface area contributed by atoms with E-state index in [-0.39, 0.29) is 12.5 Å². The Morgan fingerprint density at radius 1 is 1.31 bits per heavy atom. The summed E-state index contributed by atoms with van der Waals surface area (Å²) >= 11 is 1.71. The number of guanidine groups is 1. The second kappa shape index (κ2) is 11.2. The molecule has 1 saturated heterocycles. The minimum Gasteiger partial charge on any atom is -0.356 e. The molecule has 1 aliphatic rings. The van der Waals surface area contributed by atoms with Crippen LogP contribution >= 0.6 is 11.3 Å². The smallest absolute Gasteiger partial charge is 0.243 e. The fourth-order valence-electron chi connectivity index (χ4n) is 2.99. The molecule has 26 heavy (non-hydrogen) atoms. The van der Waals surface area contributed by atoms with Gasteiger partial charge in [0.2, 0.25) is 5.91 Å². The molecule has 2 heterocycles. The number of piperidine rings is 1. The lowest BCUT2D eigenvalue weighted by molar-refractivity contribution is -0.127. The van der Waals surface area contributed by atoms with E-state index in [0.29, 0.717) is 12.0 Å². The molecule has 146 valence electrons. The summed E-state index contributed by atoms with van der Waals surface area (Å²) in [6.07, 6.45) is 5.07. The molecule has 0 aliphatic carbocycles. The Bertz CT molecular complexity index is 552. The Balaban J connectivity index is 1.81. The Kier molecular flexibility index (Phi) is 8.91. The van der Waals surface area contributed by atoms with Crippen LogP contribution in [0.1, 0.15) is 37.5 Å². The molecule has 0 aromatic carbocycles. The van der Waals surface area contributed by atoms with E-state index in [4.69, 9.17) is 0 Å². The molecule has 6 nitrogen and oxygen atoms in total. The van der Waals surface area contributed by atoms with Crippen LogP contribution in [-0.4, -0.2) is 68.0 Å². The monoisotopic (exact) mass is 379 g/mol. The van der Waals surface area contributed by atoms with Crippen LogP contribution in [0.2, 0.25) is 0 Å². The Hall–Kier alpha value is -1.60. The van der Waals surface area contributed by atoms with Gasteiger partial charge in [-0.2, -0.15) is 0 Å². The molecule has 1 unspecified atom stereocenters. The van der Waals surface area contributed by atoms with Gasteiger partial charge >= 0.3 is 0 Å². The van der Waals surface area contributed by atoms with E-state index in [9.17, 15) is 4.79 Å². The van der Waals surface area contributed by atoms with Crippen molar-refractivity contribution in [2.75, 3.05) is 40.3 Å². The number of nitrogens with one attached hydrogen (secondary N) is 2. The van der Waals surface area contributed by atoms with Crippen molar-refractivity contribution in [3.8, 4) is 0 Å². The van der Waals surface area contributed by atoms with Crippen LogP contribution in [0.15, 0.2) is 22.5 Å². The van der Waals surface area contributed by atoms with Crippen molar-refractivity contribution in [3.05, 3.63) is 22.4 Å². The van der Waals surface area contributed by atoms with Gasteiger partial charge in [-0.05, 0) is 50.7 Å². The van der Waals surface area contributed by atoms with Crippen molar-refractivity contribution in [3.63, 3.8) is 0 Å². The topological polar surface area (TPSA) is 60.0 Å². The highest BCUT2D eigenvalue weighted by atomic mass is 32.1. The number of aliphatic imine (C=N–C) groups is 1. The molecule has 2 N–H and O–H groups in total. The van der Waals surface area contributed by atoms with Gasteiger partial charge < -0.3 is 20.4 Å². The Morgan fingerprint density at radius 3 is 2.73 bits per heavy atom. The number of rotatable bonds is 8. The van der Waals surface area contributed by atoms with E-state index >= 15 is 0 Å². The van der Waals surface area contributed by atoms with Crippen molar-refractivity contribution in [1.82, 2.24) is 20.4 Å². The fraction of sp³-hybridized carbons (Fsp3) is 0.684. The van der Waals surface area contributed by atoms with Gasteiger partial charge in [-0.25, -0.2) is 4.99 Å². The number of amides is 1. The van der Waals surface area contributed by atoms with Crippen LogP contribution < -0.4 is 10.6 Å². The molecular formula is C19H33N5OS. The first-order valence-corrected chi connectivity index (χ1v) is 10.4. The number of thiophene rings is 1. The van der Waals surface area contributed by atoms with E-state index in [1.165, 1.54) is 37.2 Å². The van der Waals surface area contributed by atoms with E-state index in [1.54, 1.807) is 30.3 Å². The number of hydrogen-bond acceptors (Lipinski definition) is 4. The molecule has 1 amide bonds. The predicted molar refractivity (Wildman–Crippen MR) is 110 cm³/mol. The van der Waals surface area contributed by atoms with Gasteiger partial charge in [-0.3, -0.25) is 4.79 Å². The molecule has 0 bridgehead atoms. The highest BCUT2D eigenvalue weighted by Gasteiger charge is 2.16. The molecular weight excluding hydrogens is 346 g/mol. The third kappa shape index (κ3) is 7.33. The zero-order chi connectivity index (χ0) is 18.8. The maximum Gasteiger partial charge on any atom is 0.243 e. The summed E-state index contributed by atoms with van der Waals surface area (Å²) in [4.78, 5) is 21.7. The van der Waals surface area contributed by atoms with Crippen molar-refractivity contribution in [2.24, 2.45) is 4.99 Å². The first-order valence-electron chi connectivity index (χ1n) is 9.55. The lowest BCUT2D eigenvalue weighted by Gasteiger charge is -2.32. The number of carbonyl (C=O) groups excluding carboxylic acids is 1. The molecule has 0 spiro atoms. The van der Waals surface area contributed by atoms with Gasteiger partial charge in [-0.15, -0.1) is 11.3 Å². The number of likely N-dealkylation sites (tertiary alicyclic amines) is 1. The Morgan fingerprint density at radius 2 is 2.08 bits per heavy atom. The Labute approximate surface area is 161 Å². The summed E-state index contributed by atoms with van der Waals surface area (Å²) in [6, 6.07) is 4.71. The van der Waals surface area contributed by atoms with Gasteiger partial charge in [0.15, 0.2) is 5.96 Å². The minimum absolute atomic E-state index is 0.00362. The summed E-state index contributed by atoms with van der Waals surface area (Å²) in [6.45, 7) is 6.48.